The van der Waals surface area contributed by atoms with Gasteiger partial charge in [-0.2, -0.15) is 0 Å². The highest BCUT2D eigenvalue weighted by Crippen LogP contribution is 2.37. The van der Waals surface area contributed by atoms with Crippen molar-refractivity contribution in [3.8, 4) is 51.7 Å². The van der Waals surface area contributed by atoms with Crippen molar-refractivity contribution in [3.63, 3.8) is 0 Å². The molecule has 214 valence electrons. The van der Waals surface area contributed by atoms with Crippen molar-refractivity contribution in [3.05, 3.63) is 140 Å². The molecule has 9 nitrogen and oxygen atoms in total. The summed E-state index contributed by atoms with van der Waals surface area (Å²) in [5.41, 5.74) is 3.54. The minimum absolute atomic E-state index is 0.540. The first-order valence-electron chi connectivity index (χ1n) is 14.2. The fraction of sp³-hybridized carbons (Fsp3) is 0. The van der Waals surface area contributed by atoms with E-state index in [-0.39, 0.29) is 0 Å². The van der Waals surface area contributed by atoms with Crippen LogP contribution in [0.1, 0.15) is 0 Å². The molecule has 0 radical (unpaired) electrons. The zero-order valence-corrected chi connectivity index (χ0v) is 23.7. The van der Waals surface area contributed by atoms with E-state index < -0.39 is 0 Å². The zero-order valence-electron chi connectivity index (χ0n) is 23.7. The number of nitrogens with zero attached hydrogens (tertiary/aromatic N) is 7. The van der Waals surface area contributed by atoms with E-state index in [1.165, 1.54) is 0 Å². The Bertz CT molecular complexity index is 2130. The Balaban J connectivity index is 1.19. The summed E-state index contributed by atoms with van der Waals surface area (Å²) in [7, 11) is 0. The zero-order chi connectivity index (χ0) is 30.0. The molecule has 0 saturated carbocycles. The number of fused-ring (bicyclic) bond motifs is 3. The second-order valence-corrected chi connectivity index (χ2v) is 10.1. The molecule has 0 atom stereocenters. The second-order valence-electron chi connectivity index (χ2n) is 10.1. The van der Waals surface area contributed by atoms with Gasteiger partial charge in [0.15, 0.2) is 11.6 Å². The third kappa shape index (κ3) is 5.19. The molecule has 0 spiro atoms. The molecule has 0 unspecified atom stereocenters. The highest BCUT2D eigenvalue weighted by molar-refractivity contribution is 6.09. The van der Waals surface area contributed by atoms with Crippen LogP contribution in [0.2, 0.25) is 0 Å². The number of aromatic nitrogens is 7. The Morgan fingerprint density at radius 3 is 1.29 bits per heavy atom. The van der Waals surface area contributed by atoms with E-state index in [1.807, 2.05) is 77.4 Å². The Labute approximate surface area is 257 Å². The van der Waals surface area contributed by atoms with Gasteiger partial charge >= 0.3 is 0 Å². The van der Waals surface area contributed by atoms with Crippen LogP contribution in [-0.4, -0.2) is 34.5 Å². The first kappa shape index (κ1) is 26.2. The molecule has 8 aromatic rings. The highest BCUT2D eigenvalue weighted by atomic mass is 16.5. The van der Waals surface area contributed by atoms with Crippen molar-refractivity contribution in [2.24, 2.45) is 0 Å². The van der Waals surface area contributed by atoms with Gasteiger partial charge in [0, 0.05) is 71.2 Å². The molecule has 0 fully saturated rings. The normalized spacial score (nSPS) is 11.1. The van der Waals surface area contributed by atoms with Crippen molar-refractivity contribution in [2.45, 2.75) is 0 Å². The van der Waals surface area contributed by atoms with Crippen molar-refractivity contribution in [2.75, 3.05) is 0 Å². The largest absolute Gasteiger partial charge is 0.457 e. The molecule has 8 rings (SSSR count). The third-order valence-electron chi connectivity index (χ3n) is 7.25. The van der Waals surface area contributed by atoms with Crippen LogP contribution in [-0.2, 0) is 0 Å². The van der Waals surface area contributed by atoms with Crippen LogP contribution < -0.4 is 9.47 Å². The number of hydrogen-bond acceptors (Lipinski definition) is 8. The minimum Gasteiger partial charge on any atom is -0.457 e. The summed E-state index contributed by atoms with van der Waals surface area (Å²) in [6.45, 7) is 0. The predicted molar refractivity (Wildman–Crippen MR) is 171 cm³/mol. The molecule has 45 heavy (non-hydrogen) atoms. The van der Waals surface area contributed by atoms with Gasteiger partial charge in [-0.05, 0) is 66.7 Å². The fourth-order valence-electron chi connectivity index (χ4n) is 5.29. The molecule has 0 aliphatic rings. The molecule has 0 amide bonds. The number of hydrogen-bond donors (Lipinski definition) is 0. The first-order valence-corrected chi connectivity index (χ1v) is 14.2. The van der Waals surface area contributed by atoms with E-state index in [1.54, 1.807) is 55.4 Å². The first-order chi connectivity index (χ1) is 22.3. The van der Waals surface area contributed by atoms with E-state index in [9.17, 15) is 0 Å². The van der Waals surface area contributed by atoms with E-state index >= 15 is 0 Å². The molecule has 4 heterocycles. The lowest BCUT2D eigenvalue weighted by atomic mass is 10.1. The van der Waals surface area contributed by atoms with Crippen LogP contribution in [0, 0.1) is 0 Å². The van der Waals surface area contributed by atoms with Crippen LogP contribution in [0.15, 0.2) is 140 Å². The van der Waals surface area contributed by atoms with Crippen LogP contribution in [0.3, 0.4) is 0 Å². The van der Waals surface area contributed by atoms with Gasteiger partial charge < -0.3 is 9.47 Å². The van der Waals surface area contributed by atoms with Crippen LogP contribution in [0.25, 0.3) is 50.5 Å². The molecule has 0 aliphatic heterocycles. The monoisotopic (exact) mass is 585 g/mol. The van der Waals surface area contributed by atoms with E-state index in [0.717, 1.165) is 32.9 Å². The van der Waals surface area contributed by atoms with Gasteiger partial charge in [-0.25, -0.2) is 29.9 Å². The molecule has 9 heteroatoms. The molecule has 0 bridgehead atoms. The molecular weight excluding hydrogens is 562 g/mol. The highest BCUT2D eigenvalue weighted by Gasteiger charge is 2.17. The Morgan fingerprint density at radius 2 is 0.822 bits per heavy atom. The van der Waals surface area contributed by atoms with Crippen LogP contribution in [0.4, 0.5) is 0 Å². The SMILES string of the molecule is c1cnc(-c2cccc(Oc3ccc4c5ccc(Oc6cccc(-c7ncccn7)c6)cc5n(-c5ncccn5)c4c3)c2)nc1. The predicted octanol–water partition coefficient (Wildman–Crippen LogP) is 8.07. The lowest BCUT2D eigenvalue weighted by molar-refractivity contribution is 0.483. The maximum absolute atomic E-state index is 6.34. The second kappa shape index (κ2) is 11.3. The van der Waals surface area contributed by atoms with Crippen LogP contribution in [0.5, 0.6) is 23.0 Å². The Hall–Kier alpha value is -6.48. The summed E-state index contributed by atoms with van der Waals surface area (Å²) >= 11 is 0. The molecular formula is C36H23N7O2. The quantitative estimate of drug-likeness (QED) is 0.185. The molecule has 4 aromatic heterocycles. The molecule has 0 N–H and O–H groups in total. The van der Waals surface area contributed by atoms with Crippen molar-refractivity contribution in [1.82, 2.24) is 34.5 Å². The maximum Gasteiger partial charge on any atom is 0.234 e. The van der Waals surface area contributed by atoms with Crippen molar-refractivity contribution in [1.29, 1.82) is 0 Å². The van der Waals surface area contributed by atoms with Gasteiger partial charge in [-0.3, -0.25) is 4.57 Å². The third-order valence-corrected chi connectivity index (χ3v) is 7.25. The fourth-order valence-corrected chi connectivity index (χ4v) is 5.29. The van der Waals surface area contributed by atoms with E-state index in [0.29, 0.717) is 40.6 Å². The van der Waals surface area contributed by atoms with Gasteiger partial charge in [0.05, 0.1) is 11.0 Å². The summed E-state index contributed by atoms with van der Waals surface area (Å²) in [5, 5.41) is 2.07. The summed E-state index contributed by atoms with van der Waals surface area (Å²) in [6, 6.07) is 32.9. The standard InChI is InChI=1S/C36H23N7O2/c1-6-24(34-37-14-3-15-38-34)20-26(8-1)44-28-10-12-30-31-13-11-29(23-33(31)43(32(30)22-28)36-41-18-5-19-42-36)45-27-9-2-7-25(21-27)35-39-16-4-17-40-35/h1-23H. The summed E-state index contributed by atoms with van der Waals surface area (Å²) in [6.07, 6.45) is 10.4. The molecule has 0 aliphatic carbocycles. The van der Waals surface area contributed by atoms with Gasteiger partial charge in [0.1, 0.15) is 23.0 Å². The van der Waals surface area contributed by atoms with E-state index in [4.69, 9.17) is 9.47 Å². The minimum atomic E-state index is 0.540. The lowest BCUT2D eigenvalue weighted by Gasteiger charge is -2.10. The average molecular weight is 586 g/mol. The topological polar surface area (TPSA) is 101 Å². The van der Waals surface area contributed by atoms with Gasteiger partial charge in [0.2, 0.25) is 5.95 Å². The molecule has 4 aromatic carbocycles. The van der Waals surface area contributed by atoms with Crippen LogP contribution >= 0.6 is 0 Å². The summed E-state index contributed by atoms with van der Waals surface area (Å²) in [4.78, 5) is 26.6. The summed E-state index contributed by atoms with van der Waals surface area (Å²) < 4.78 is 14.7. The molecule has 0 saturated heterocycles. The summed E-state index contributed by atoms with van der Waals surface area (Å²) in [5.74, 6) is 4.51. The van der Waals surface area contributed by atoms with Gasteiger partial charge in [-0.15, -0.1) is 0 Å². The number of ether oxygens (including phenoxy) is 2. The van der Waals surface area contributed by atoms with Crippen molar-refractivity contribution < 1.29 is 9.47 Å². The maximum atomic E-state index is 6.34. The van der Waals surface area contributed by atoms with Crippen molar-refractivity contribution >= 4 is 21.8 Å². The lowest BCUT2D eigenvalue weighted by Crippen LogP contribution is -2.00. The number of benzene rings is 4. The van der Waals surface area contributed by atoms with Gasteiger partial charge in [0.25, 0.3) is 0 Å². The average Bonchev–Trinajstić information content (AvgIpc) is 3.42. The number of rotatable bonds is 7. The smallest absolute Gasteiger partial charge is 0.234 e. The van der Waals surface area contributed by atoms with E-state index in [2.05, 4.69) is 42.0 Å². The Kier molecular flexibility index (Phi) is 6.58. The Morgan fingerprint density at radius 1 is 0.400 bits per heavy atom. The van der Waals surface area contributed by atoms with Gasteiger partial charge in [-0.1, -0.05) is 24.3 Å².